The van der Waals surface area contributed by atoms with E-state index < -0.39 is 11.8 Å². The number of imide groups is 1. The SMILES string of the molecule is CCCCc1ccc(NC(=O)c2ccc(NC3=C(Cl)C(=O)N(c4cc(C)cc(C)c4)C3=O)cc2)cc1. The van der Waals surface area contributed by atoms with Gasteiger partial charge in [0.15, 0.2) is 0 Å². The number of carbonyl (C=O) groups is 3. The highest BCUT2D eigenvalue weighted by Crippen LogP contribution is 2.31. The van der Waals surface area contributed by atoms with Gasteiger partial charge in [0.25, 0.3) is 17.7 Å². The van der Waals surface area contributed by atoms with Crippen LogP contribution in [0.4, 0.5) is 17.1 Å². The highest BCUT2D eigenvalue weighted by atomic mass is 35.5. The molecule has 0 unspecified atom stereocenters. The van der Waals surface area contributed by atoms with Crippen molar-refractivity contribution in [2.24, 2.45) is 0 Å². The summed E-state index contributed by atoms with van der Waals surface area (Å²) in [4.78, 5) is 39.5. The van der Waals surface area contributed by atoms with Gasteiger partial charge in [-0.15, -0.1) is 0 Å². The highest BCUT2D eigenvalue weighted by molar-refractivity contribution is 6.53. The van der Waals surface area contributed by atoms with E-state index in [1.165, 1.54) is 5.56 Å². The Kier molecular flexibility index (Phi) is 7.55. The summed E-state index contributed by atoms with van der Waals surface area (Å²) in [7, 11) is 0. The number of rotatable bonds is 8. The second-order valence-electron chi connectivity index (χ2n) is 8.94. The molecule has 0 atom stereocenters. The van der Waals surface area contributed by atoms with Gasteiger partial charge in [-0.1, -0.05) is 43.1 Å². The first-order valence-corrected chi connectivity index (χ1v) is 12.3. The Balaban J connectivity index is 1.43. The second-order valence-corrected chi connectivity index (χ2v) is 9.32. The Hall–Kier alpha value is -3.90. The van der Waals surface area contributed by atoms with Gasteiger partial charge in [0, 0.05) is 16.9 Å². The van der Waals surface area contributed by atoms with Crippen LogP contribution in [0.1, 0.15) is 46.8 Å². The molecule has 6 nitrogen and oxygen atoms in total. The molecule has 1 aliphatic heterocycles. The number of amides is 3. The predicted octanol–water partition coefficient (Wildman–Crippen LogP) is 6.33. The van der Waals surface area contributed by atoms with Crippen molar-refractivity contribution < 1.29 is 14.4 Å². The van der Waals surface area contributed by atoms with Crippen molar-refractivity contribution in [3.63, 3.8) is 0 Å². The maximum Gasteiger partial charge on any atom is 0.283 e. The lowest BCUT2D eigenvalue weighted by atomic mass is 10.1. The Labute approximate surface area is 216 Å². The van der Waals surface area contributed by atoms with Crippen molar-refractivity contribution >= 4 is 46.4 Å². The monoisotopic (exact) mass is 501 g/mol. The molecule has 0 bridgehead atoms. The number of hydrogen-bond acceptors (Lipinski definition) is 4. The summed E-state index contributed by atoms with van der Waals surface area (Å²) in [5.41, 5.74) is 5.30. The second kappa shape index (κ2) is 10.8. The van der Waals surface area contributed by atoms with Crippen LogP contribution in [-0.4, -0.2) is 17.7 Å². The van der Waals surface area contributed by atoms with Crippen LogP contribution in [0, 0.1) is 13.8 Å². The summed E-state index contributed by atoms with van der Waals surface area (Å²) in [6.45, 7) is 5.96. The molecular weight excluding hydrogens is 474 g/mol. The van der Waals surface area contributed by atoms with Crippen molar-refractivity contribution in [2.75, 3.05) is 15.5 Å². The van der Waals surface area contributed by atoms with Gasteiger partial charge in [-0.3, -0.25) is 14.4 Å². The van der Waals surface area contributed by atoms with Gasteiger partial charge in [0.05, 0.1) is 5.69 Å². The van der Waals surface area contributed by atoms with E-state index in [9.17, 15) is 14.4 Å². The molecule has 0 saturated carbocycles. The molecule has 4 rings (SSSR count). The molecule has 7 heteroatoms. The van der Waals surface area contributed by atoms with E-state index in [2.05, 4.69) is 17.6 Å². The molecule has 2 N–H and O–H groups in total. The molecule has 1 heterocycles. The predicted molar refractivity (Wildman–Crippen MR) is 144 cm³/mol. The minimum absolute atomic E-state index is 0.00110. The third kappa shape index (κ3) is 5.50. The molecule has 3 aromatic carbocycles. The number of unbranched alkanes of at least 4 members (excludes halogenated alkanes) is 1. The lowest BCUT2D eigenvalue weighted by Gasteiger charge is -2.16. The minimum Gasteiger partial charge on any atom is -0.350 e. The van der Waals surface area contributed by atoms with Crippen molar-refractivity contribution in [1.82, 2.24) is 0 Å². The van der Waals surface area contributed by atoms with Gasteiger partial charge >= 0.3 is 0 Å². The molecule has 0 saturated heterocycles. The van der Waals surface area contributed by atoms with Crippen LogP contribution < -0.4 is 15.5 Å². The first kappa shape index (κ1) is 25.2. The summed E-state index contributed by atoms with van der Waals surface area (Å²) in [5.74, 6) is -1.35. The molecule has 3 amide bonds. The number of nitrogens with one attached hydrogen (secondary N) is 2. The number of carbonyl (C=O) groups excluding carboxylic acids is 3. The molecule has 36 heavy (non-hydrogen) atoms. The maximum atomic E-state index is 13.1. The van der Waals surface area contributed by atoms with Crippen LogP contribution in [0.15, 0.2) is 77.5 Å². The van der Waals surface area contributed by atoms with Gasteiger partial charge in [0.2, 0.25) is 0 Å². The molecule has 0 spiro atoms. The van der Waals surface area contributed by atoms with E-state index in [4.69, 9.17) is 11.6 Å². The number of hydrogen-bond donors (Lipinski definition) is 2. The maximum absolute atomic E-state index is 13.1. The minimum atomic E-state index is -0.578. The number of halogens is 1. The quantitative estimate of drug-likeness (QED) is 0.353. The number of benzene rings is 3. The van der Waals surface area contributed by atoms with E-state index in [1.54, 1.807) is 36.4 Å². The van der Waals surface area contributed by atoms with Crippen LogP contribution in [0.25, 0.3) is 0 Å². The molecule has 0 radical (unpaired) electrons. The van der Waals surface area contributed by atoms with E-state index in [-0.39, 0.29) is 16.6 Å². The lowest BCUT2D eigenvalue weighted by molar-refractivity contribution is -0.120. The van der Waals surface area contributed by atoms with Crippen molar-refractivity contribution in [2.45, 2.75) is 40.0 Å². The fraction of sp³-hybridized carbons (Fsp3) is 0.207. The standard InChI is InChI=1S/C29H28ClN3O3/c1-4-5-6-20-7-11-23(12-8-20)32-27(34)21-9-13-22(14-10-21)31-26-25(30)28(35)33(29(26)36)24-16-18(2)15-19(3)17-24/h7-17,31H,4-6H2,1-3H3,(H,32,34). The zero-order valence-electron chi connectivity index (χ0n) is 20.5. The van der Waals surface area contributed by atoms with E-state index in [1.807, 2.05) is 44.2 Å². The first-order chi connectivity index (χ1) is 17.3. The third-order valence-corrected chi connectivity index (χ3v) is 6.29. The van der Waals surface area contributed by atoms with Crippen molar-refractivity contribution in [1.29, 1.82) is 0 Å². The van der Waals surface area contributed by atoms with Crippen LogP contribution in [0.3, 0.4) is 0 Å². The van der Waals surface area contributed by atoms with E-state index >= 15 is 0 Å². The molecule has 0 aliphatic carbocycles. The van der Waals surface area contributed by atoms with E-state index in [0.29, 0.717) is 16.9 Å². The van der Waals surface area contributed by atoms with Crippen LogP contribution >= 0.6 is 11.6 Å². The molecule has 0 aromatic heterocycles. The van der Waals surface area contributed by atoms with Crippen LogP contribution in [0.2, 0.25) is 0 Å². The Morgan fingerprint density at radius 3 is 2.08 bits per heavy atom. The van der Waals surface area contributed by atoms with Crippen LogP contribution in [0.5, 0.6) is 0 Å². The number of nitrogens with zero attached hydrogens (tertiary/aromatic N) is 1. The average Bonchev–Trinajstić information content (AvgIpc) is 3.06. The van der Waals surface area contributed by atoms with Gasteiger partial charge in [0.1, 0.15) is 10.7 Å². The molecular formula is C29H28ClN3O3. The van der Waals surface area contributed by atoms with Gasteiger partial charge in [-0.05, 0) is 91.9 Å². The molecule has 1 aliphatic rings. The van der Waals surface area contributed by atoms with Crippen molar-refractivity contribution in [3.05, 3.63) is 99.7 Å². The zero-order chi connectivity index (χ0) is 25.8. The third-order valence-electron chi connectivity index (χ3n) is 5.94. The fourth-order valence-corrected chi connectivity index (χ4v) is 4.33. The fourth-order valence-electron chi connectivity index (χ4n) is 4.11. The summed E-state index contributed by atoms with van der Waals surface area (Å²) < 4.78 is 0. The van der Waals surface area contributed by atoms with Crippen LogP contribution in [-0.2, 0) is 16.0 Å². The van der Waals surface area contributed by atoms with Gasteiger partial charge in [-0.2, -0.15) is 0 Å². The lowest BCUT2D eigenvalue weighted by Crippen LogP contribution is -2.32. The Morgan fingerprint density at radius 1 is 0.861 bits per heavy atom. The molecule has 0 fully saturated rings. The molecule has 3 aromatic rings. The average molecular weight is 502 g/mol. The zero-order valence-corrected chi connectivity index (χ0v) is 21.3. The number of aryl methyl sites for hydroxylation is 3. The smallest absolute Gasteiger partial charge is 0.283 e. The highest BCUT2D eigenvalue weighted by Gasteiger charge is 2.39. The Bertz CT molecular complexity index is 1320. The number of anilines is 3. The largest absolute Gasteiger partial charge is 0.350 e. The van der Waals surface area contributed by atoms with Gasteiger partial charge in [-0.25, -0.2) is 4.90 Å². The van der Waals surface area contributed by atoms with Gasteiger partial charge < -0.3 is 10.6 Å². The summed E-state index contributed by atoms with van der Waals surface area (Å²) >= 11 is 6.25. The van der Waals surface area contributed by atoms with Crippen molar-refractivity contribution in [3.8, 4) is 0 Å². The Morgan fingerprint density at radius 2 is 1.47 bits per heavy atom. The summed E-state index contributed by atoms with van der Waals surface area (Å²) in [6.07, 6.45) is 3.30. The van der Waals surface area contributed by atoms with E-state index in [0.717, 1.165) is 41.0 Å². The first-order valence-electron chi connectivity index (χ1n) is 11.9. The summed E-state index contributed by atoms with van der Waals surface area (Å²) in [5, 5.41) is 5.66. The summed E-state index contributed by atoms with van der Waals surface area (Å²) in [6, 6.07) is 20.0. The normalized spacial score (nSPS) is 13.4. The topological polar surface area (TPSA) is 78.5 Å². The molecule has 184 valence electrons.